The summed E-state index contributed by atoms with van der Waals surface area (Å²) in [5, 5.41) is 8.89. The van der Waals surface area contributed by atoms with Crippen molar-refractivity contribution in [3.63, 3.8) is 0 Å². The van der Waals surface area contributed by atoms with Gasteiger partial charge in [0.25, 0.3) is 0 Å². The Hall–Kier alpha value is -1.12. The van der Waals surface area contributed by atoms with Gasteiger partial charge in [-0.05, 0) is 56.5 Å². The standard InChI is InChI=1S/C16H21NO5S/c1-16(2)21-12-7-8-20-13(14(12)22-16)9-17-23-11-5-3-10(4-6-11)15(18)19/h3-6,12-14,17H,7-9H2,1-2H3,(H,18,19). The fourth-order valence-corrected chi connectivity index (χ4v) is 3.57. The van der Waals surface area contributed by atoms with E-state index in [0.29, 0.717) is 13.2 Å². The molecule has 1 aromatic rings. The molecule has 2 fully saturated rings. The second-order valence-electron chi connectivity index (χ2n) is 6.12. The number of nitrogens with one attached hydrogen (secondary N) is 1. The third kappa shape index (κ3) is 4.05. The van der Waals surface area contributed by atoms with Gasteiger partial charge in [-0.15, -0.1) is 0 Å². The van der Waals surface area contributed by atoms with Crippen LogP contribution in [0.25, 0.3) is 0 Å². The minimum atomic E-state index is -0.919. The summed E-state index contributed by atoms with van der Waals surface area (Å²) in [4.78, 5) is 11.8. The molecule has 2 saturated heterocycles. The van der Waals surface area contributed by atoms with Crippen molar-refractivity contribution in [3.8, 4) is 0 Å². The maximum atomic E-state index is 10.8. The highest BCUT2D eigenvalue weighted by Gasteiger charge is 2.47. The van der Waals surface area contributed by atoms with Gasteiger partial charge in [0.2, 0.25) is 0 Å². The Kier molecular flexibility index (Phi) is 4.93. The van der Waals surface area contributed by atoms with E-state index < -0.39 is 11.8 Å². The zero-order chi connectivity index (χ0) is 16.4. The highest BCUT2D eigenvalue weighted by molar-refractivity contribution is 7.97. The lowest BCUT2D eigenvalue weighted by atomic mass is 10.0. The number of fused-ring (bicyclic) bond motifs is 1. The minimum absolute atomic E-state index is 0.0543. The fraction of sp³-hybridized carbons (Fsp3) is 0.562. The summed E-state index contributed by atoms with van der Waals surface area (Å²) in [5.74, 6) is -1.47. The van der Waals surface area contributed by atoms with E-state index in [1.54, 1.807) is 24.3 Å². The van der Waals surface area contributed by atoms with Gasteiger partial charge < -0.3 is 19.3 Å². The molecule has 7 heteroatoms. The summed E-state index contributed by atoms with van der Waals surface area (Å²) in [6, 6.07) is 6.75. The monoisotopic (exact) mass is 339 g/mol. The van der Waals surface area contributed by atoms with Crippen LogP contribution >= 0.6 is 11.9 Å². The molecule has 2 N–H and O–H groups in total. The van der Waals surface area contributed by atoms with Crippen LogP contribution in [-0.2, 0) is 14.2 Å². The van der Waals surface area contributed by atoms with Crippen LogP contribution in [0.3, 0.4) is 0 Å². The number of benzene rings is 1. The molecule has 3 atom stereocenters. The number of rotatable bonds is 5. The molecule has 2 aliphatic rings. The average Bonchev–Trinajstić information content (AvgIpc) is 2.82. The SMILES string of the molecule is CC1(C)OC2CCOC(CNSc3ccc(C(=O)O)cc3)C2O1. The Balaban J connectivity index is 1.51. The molecule has 2 aliphatic heterocycles. The van der Waals surface area contributed by atoms with Crippen LogP contribution in [0.15, 0.2) is 29.2 Å². The Morgan fingerprint density at radius 2 is 2.09 bits per heavy atom. The molecule has 0 spiro atoms. The second kappa shape index (κ2) is 6.78. The number of hydrogen-bond acceptors (Lipinski definition) is 6. The van der Waals surface area contributed by atoms with Crippen LogP contribution in [0.2, 0.25) is 0 Å². The van der Waals surface area contributed by atoms with Gasteiger partial charge in [-0.3, -0.25) is 4.72 Å². The van der Waals surface area contributed by atoms with Crippen LogP contribution in [-0.4, -0.2) is 48.3 Å². The summed E-state index contributed by atoms with van der Waals surface area (Å²) >= 11 is 1.45. The predicted octanol–water partition coefficient (Wildman–Crippen LogP) is 2.29. The Labute approximate surface area is 139 Å². The first-order valence-electron chi connectivity index (χ1n) is 7.65. The van der Waals surface area contributed by atoms with Crippen LogP contribution < -0.4 is 4.72 Å². The number of ether oxygens (including phenoxy) is 3. The van der Waals surface area contributed by atoms with Crippen molar-refractivity contribution in [1.29, 1.82) is 0 Å². The van der Waals surface area contributed by atoms with Crippen LogP contribution in [0.1, 0.15) is 30.6 Å². The molecule has 0 amide bonds. The molecule has 0 bridgehead atoms. The summed E-state index contributed by atoms with van der Waals surface area (Å²) in [6.45, 7) is 5.15. The Morgan fingerprint density at radius 1 is 1.35 bits per heavy atom. The first-order valence-corrected chi connectivity index (χ1v) is 8.46. The van der Waals surface area contributed by atoms with Crippen LogP contribution in [0.5, 0.6) is 0 Å². The van der Waals surface area contributed by atoms with Gasteiger partial charge in [0, 0.05) is 18.0 Å². The van der Waals surface area contributed by atoms with E-state index in [-0.39, 0.29) is 23.9 Å². The molecule has 0 aromatic heterocycles. The van der Waals surface area contributed by atoms with E-state index in [1.807, 2.05) is 13.8 Å². The smallest absolute Gasteiger partial charge is 0.335 e. The van der Waals surface area contributed by atoms with Crippen LogP contribution in [0.4, 0.5) is 0 Å². The second-order valence-corrected chi connectivity index (χ2v) is 7.08. The zero-order valence-corrected chi connectivity index (χ0v) is 14.0. The van der Waals surface area contributed by atoms with Gasteiger partial charge in [0.15, 0.2) is 5.79 Å². The highest BCUT2D eigenvalue weighted by atomic mass is 32.2. The highest BCUT2D eigenvalue weighted by Crippen LogP contribution is 2.35. The van der Waals surface area contributed by atoms with Gasteiger partial charge in [-0.25, -0.2) is 4.79 Å². The lowest BCUT2D eigenvalue weighted by Gasteiger charge is -2.31. The fourth-order valence-electron chi connectivity index (χ4n) is 2.88. The molecule has 2 heterocycles. The average molecular weight is 339 g/mol. The van der Waals surface area contributed by atoms with Crippen molar-refractivity contribution < 1.29 is 24.1 Å². The van der Waals surface area contributed by atoms with Gasteiger partial charge in [-0.1, -0.05) is 0 Å². The van der Waals surface area contributed by atoms with E-state index >= 15 is 0 Å². The number of carbonyl (C=O) groups is 1. The molecule has 0 aliphatic carbocycles. The molecular formula is C16H21NO5S. The van der Waals surface area contributed by atoms with Crippen molar-refractivity contribution in [2.24, 2.45) is 0 Å². The van der Waals surface area contributed by atoms with E-state index in [4.69, 9.17) is 19.3 Å². The third-order valence-corrected chi connectivity index (χ3v) is 4.72. The van der Waals surface area contributed by atoms with Gasteiger partial charge in [0.05, 0.1) is 17.8 Å². The number of carboxylic acid groups (broad SMARTS) is 1. The zero-order valence-electron chi connectivity index (χ0n) is 13.2. The lowest BCUT2D eigenvalue weighted by Crippen LogP contribution is -2.46. The van der Waals surface area contributed by atoms with Gasteiger partial charge in [0.1, 0.15) is 6.10 Å². The summed E-state index contributed by atoms with van der Waals surface area (Å²) in [7, 11) is 0. The summed E-state index contributed by atoms with van der Waals surface area (Å²) in [6.07, 6.45) is 0.835. The maximum absolute atomic E-state index is 10.8. The summed E-state index contributed by atoms with van der Waals surface area (Å²) < 4.78 is 20.9. The van der Waals surface area contributed by atoms with E-state index in [2.05, 4.69) is 4.72 Å². The normalized spacial score (nSPS) is 29.2. The molecule has 0 radical (unpaired) electrons. The molecule has 1 aromatic carbocycles. The minimum Gasteiger partial charge on any atom is -0.478 e. The van der Waals surface area contributed by atoms with E-state index in [0.717, 1.165) is 11.3 Å². The topological polar surface area (TPSA) is 77.0 Å². The van der Waals surface area contributed by atoms with Gasteiger partial charge in [-0.2, -0.15) is 0 Å². The molecule has 23 heavy (non-hydrogen) atoms. The van der Waals surface area contributed by atoms with Crippen molar-refractivity contribution in [2.45, 2.75) is 49.3 Å². The van der Waals surface area contributed by atoms with Crippen molar-refractivity contribution in [1.82, 2.24) is 4.72 Å². The van der Waals surface area contributed by atoms with Crippen molar-refractivity contribution in [2.75, 3.05) is 13.2 Å². The maximum Gasteiger partial charge on any atom is 0.335 e. The van der Waals surface area contributed by atoms with E-state index in [9.17, 15) is 4.79 Å². The molecule has 126 valence electrons. The van der Waals surface area contributed by atoms with Crippen LogP contribution in [0, 0.1) is 0 Å². The van der Waals surface area contributed by atoms with Gasteiger partial charge >= 0.3 is 5.97 Å². The molecule has 3 rings (SSSR count). The number of hydrogen-bond donors (Lipinski definition) is 2. The molecule has 6 nitrogen and oxygen atoms in total. The first-order chi connectivity index (χ1) is 10.9. The third-order valence-electron chi connectivity index (χ3n) is 3.90. The lowest BCUT2D eigenvalue weighted by molar-refractivity contribution is -0.153. The largest absolute Gasteiger partial charge is 0.478 e. The Morgan fingerprint density at radius 3 is 2.78 bits per heavy atom. The predicted molar refractivity (Wildman–Crippen MR) is 85.4 cm³/mol. The van der Waals surface area contributed by atoms with Crippen molar-refractivity contribution >= 4 is 17.9 Å². The molecule has 3 unspecified atom stereocenters. The molecular weight excluding hydrogens is 318 g/mol. The van der Waals surface area contributed by atoms with E-state index in [1.165, 1.54) is 11.9 Å². The number of aromatic carboxylic acids is 1. The quantitative estimate of drug-likeness (QED) is 0.797. The molecule has 0 saturated carbocycles. The van der Waals surface area contributed by atoms with Crippen molar-refractivity contribution in [3.05, 3.63) is 29.8 Å². The summed E-state index contributed by atoms with van der Waals surface area (Å²) in [5.41, 5.74) is 0.284. The first kappa shape index (κ1) is 16.7. The number of carboxylic acids is 1. The Bertz CT molecular complexity index is 562.